The molecule has 0 fully saturated rings. The Bertz CT molecular complexity index is 1910. The molecule has 428 valence electrons. The van der Waals surface area contributed by atoms with E-state index >= 15 is 0 Å². The van der Waals surface area contributed by atoms with Crippen LogP contribution in [0.25, 0.3) is 0 Å². The fourth-order valence-electron chi connectivity index (χ4n) is 6.81. The number of nitrogens with two attached hydrogens (primary N) is 1. The molecule has 0 aliphatic carbocycles. The number of hydrogen-bond donors (Lipinski definition) is 17. The third-order valence-corrected chi connectivity index (χ3v) is 11.2. The topological polar surface area (TPSA) is 504 Å². The summed E-state index contributed by atoms with van der Waals surface area (Å²) in [4.78, 5) is 151. The van der Waals surface area contributed by atoms with Crippen LogP contribution in [-0.4, -0.2) is 215 Å². The van der Waals surface area contributed by atoms with Gasteiger partial charge in [-0.1, -0.05) is 51.9 Å². The van der Waals surface area contributed by atoms with Gasteiger partial charge in [-0.3, -0.25) is 58.4 Å². The molecule has 9 atom stereocenters. The molecular formula is C44H76N10O21. The molecule has 10 amide bonds. The summed E-state index contributed by atoms with van der Waals surface area (Å²) in [6.07, 6.45) is -0.170. The average Bonchev–Trinajstić information content (AvgIpc) is 3.34. The van der Waals surface area contributed by atoms with E-state index in [0.717, 1.165) is 52.4 Å². The minimum absolute atomic E-state index is 0.128. The zero-order valence-corrected chi connectivity index (χ0v) is 42.2. The van der Waals surface area contributed by atoms with Gasteiger partial charge in [0.05, 0.1) is 32.3 Å². The van der Waals surface area contributed by atoms with Crippen molar-refractivity contribution in [3.05, 3.63) is 0 Å². The number of unbranched alkanes of at least 4 members (excludes halogenated alkanes) is 6. The summed E-state index contributed by atoms with van der Waals surface area (Å²) in [5, 5.41) is 104. The highest BCUT2D eigenvalue weighted by molar-refractivity contribution is 5.98. The average molecular weight is 1080 g/mol. The van der Waals surface area contributed by atoms with Gasteiger partial charge in [0.2, 0.25) is 59.1 Å². The number of hydroxylamine groups is 4. The zero-order chi connectivity index (χ0) is 57.4. The van der Waals surface area contributed by atoms with Crippen LogP contribution in [0.5, 0.6) is 0 Å². The van der Waals surface area contributed by atoms with Gasteiger partial charge in [-0.15, -0.1) is 0 Å². The van der Waals surface area contributed by atoms with Crippen LogP contribution in [0.1, 0.15) is 117 Å². The molecule has 0 rings (SSSR count). The summed E-state index contributed by atoms with van der Waals surface area (Å²) in [6, 6.07) is -13.6. The van der Waals surface area contributed by atoms with Gasteiger partial charge in [0.15, 0.2) is 6.10 Å². The van der Waals surface area contributed by atoms with E-state index in [0.29, 0.717) is 11.5 Å². The maximum atomic E-state index is 13.8. The van der Waals surface area contributed by atoms with Gasteiger partial charge in [-0.2, -0.15) is 0 Å². The second-order valence-corrected chi connectivity index (χ2v) is 17.4. The highest BCUT2D eigenvalue weighted by atomic mass is 16.5. The summed E-state index contributed by atoms with van der Waals surface area (Å²) >= 11 is 0. The number of amides is 10. The van der Waals surface area contributed by atoms with Crippen molar-refractivity contribution in [2.75, 3.05) is 32.9 Å². The standard InChI is InChI=1S/C44H76N10O21/c1-4-5-6-7-8-9-10-13-26(60)20-34(62)52-35(36(63)44(72)73)42(69)51-32(23-57)41(68)50-30(21-55)39(66)47-28(16-17-33(45)61)38(65)46-27(14-11-18-53(74)24(2)58)37(64)49-31(22-56)40(67)48-29(43(70)71)15-12-19-54(75)25(3)59/h26-32,35-36,55-57,60,63,74-75H,4-23H2,1-3H3,(H2,45,61)(H,46,65)(H,47,66)(H,48,67)(H,49,64)(H,50,68)(H,51,69)(H,52,62)(H,70,71)(H,72,73)/t26-,27+,28+,29+,30-,31-,32-,35+,36-/m1/s1. The molecule has 0 aliphatic heterocycles. The molecule has 75 heavy (non-hydrogen) atoms. The molecule has 0 spiro atoms. The van der Waals surface area contributed by atoms with Crippen LogP contribution < -0.4 is 43.0 Å². The van der Waals surface area contributed by atoms with Gasteiger partial charge in [-0.05, 0) is 38.5 Å². The number of carbonyl (C=O) groups is 12. The van der Waals surface area contributed by atoms with Gasteiger partial charge in [0, 0.05) is 33.4 Å². The van der Waals surface area contributed by atoms with E-state index in [4.69, 9.17) is 5.73 Å². The monoisotopic (exact) mass is 1080 g/mol. The molecular weight excluding hydrogens is 1000 g/mol. The number of aliphatic hydroxyl groups excluding tert-OH is 5. The fraction of sp³-hybridized carbons (Fsp3) is 0.727. The number of rotatable bonds is 40. The van der Waals surface area contributed by atoms with Gasteiger partial charge >= 0.3 is 11.9 Å². The Kier molecular flexibility index (Phi) is 33.9. The quantitative estimate of drug-likeness (QED) is 0.0154. The van der Waals surface area contributed by atoms with E-state index in [-0.39, 0.29) is 37.3 Å². The molecule has 0 saturated heterocycles. The maximum absolute atomic E-state index is 13.8. The Hall–Kier alpha value is -6.64. The second kappa shape index (κ2) is 37.1. The van der Waals surface area contributed by atoms with Crippen LogP contribution in [0.15, 0.2) is 0 Å². The highest BCUT2D eigenvalue weighted by Crippen LogP contribution is 2.12. The molecule has 0 radical (unpaired) electrons. The van der Waals surface area contributed by atoms with E-state index in [1.807, 2.05) is 16.0 Å². The minimum atomic E-state index is -2.62. The van der Waals surface area contributed by atoms with Gasteiger partial charge in [-0.25, -0.2) is 19.7 Å². The van der Waals surface area contributed by atoms with Crippen LogP contribution in [-0.2, 0) is 57.5 Å². The van der Waals surface area contributed by atoms with Crippen LogP contribution in [0.3, 0.4) is 0 Å². The Labute approximate surface area is 431 Å². The van der Waals surface area contributed by atoms with E-state index < -0.39 is 178 Å². The third-order valence-electron chi connectivity index (χ3n) is 11.2. The van der Waals surface area contributed by atoms with Gasteiger partial charge < -0.3 is 78.7 Å². The predicted octanol–water partition coefficient (Wildman–Crippen LogP) is -5.92. The van der Waals surface area contributed by atoms with Crippen molar-refractivity contribution in [3.8, 4) is 0 Å². The number of carboxylic acids is 2. The first-order valence-corrected chi connectivity index (χ1v) is 24.2. The van der Waals surface area contributed by atoms with Crippen molar-refractivity contribution in [1.82, 2.24) is 47.3 Å². The molecule has 0 unspecified atom stereocenters. The van der Waals surface area contributed by atoms with Gasteiger partial charge in [0.1, 0.15) is 42.3 Å². The lowest BCUT2D eigenvalue weighted by Crippen LogP contribution is -2.62. The fourth-order valence-corrected chi connectivity index (χ4v) is 6.81. The van der Waals surface area contributed by atoms with Crippen molar-refractivity contribution in [1.29, 1.82) is 0 Å². The summed E-state index contributed by atoms with van der Waals surface area (Å²) in [7, 11) is 0. The van der Waals surface area contributed by atoms with Crippen molar-refractivity contribution in [2.45, 2.75) is 172 Å². The van der Waals surface area contributed by atoms with Crippen LogP contribution in [0.2, 0.25) is 0 Å². The highest BCUT2D eigenvalue weighted by Gasteiger charge is 2.37. The van der Waals surface area contributed by atoms with Crippen molar-refractivity contribution in [3.63, 3.8) is 0 Å². The summed E-state index contributed by atoms with van der Waals surface area (Å²) < 4.78 is 0. The third kappa shape index (κ3) is 28.0. The van der Waals surface area contributed by atoms with E-state index in [9.17, 15) is 104 Å². The first-order valence-electron chi connectivity index (χ1n) is 24.2. The molecule has 0 heterocycles. The number of primary amides is 1. The van der Waals surface area contributed by atoms with Gasteiger partial charge in [0.25, 0.3) is 0 Å². The summed E-state index contributed by atoms with van der Waals surface area (Å²) in [5.41, 5.74) is 5.26. The Morgan fingerprint density at radius 3 is 1.24 bits per heavy atom. The first kappa shape index (κ1) is 68.4. The van der Waals surface area contributed by atoms with E-state index in [1.165, 1.54) is 0 Å². The zero-order valence-electron chi connectivity index (χ0n) is 42.2. The normalized spacial score (nSPS) is 14.6. The first-order chi connectivity index (χ1) is 35.2. The summed E-state index contributed by atoms with van der Waals surface area (Å²) in [5.74, 6) is -15.3. The molecule has 0 aromatic heterocycles. The lowest BCUT2D eigenvalue weighted by molar-refractivity contribution is -0.163. The van der Waals surface area contributed by atoms with Crippen LogP contribution >= 0.6 is 0 Å². The molecule has 31 heteroatoms. The molecule has 18 N–H and O–H groups in total. The number of aliphatic hydroxyl groups is 5. The summed E-state index contributed by atoms with van der Waals surface area (Å²) in [6.45, 7) is -0.301. The Balaban J connectivity index is 6.27. The Morgan fingerprint density at radius 1 is 0.467 bits per heavy atom. The second-order valence-electron chi connectivity index (χ2n) is 17.4. The molecule has 31 nitrogen and oxygen atoms in total. The predicted molar refractivity (Wildman–Crippen MR) is 255 cm³/mol. The molecule has 0 aromatic carbocycles. The van der Waals surface area contributed by atoms with E-state index in [2.05, 4.69) is 28.2 Å². The van der Waals surface area contributed by atoms with Crippen molar-refractivity contribution >= 4 is 71.0 Å². The van der Waals surface area contributed by atoms with E-state index in [1.54, 1.807) is 0 Å². The smallest absolute Gasteiger partial charge is 0.335 e. The van der Waals surface area contributed by atoms with Crippen LogP contribution in [0, 0.1) is 0 Å². The molecule has 0 aliphatic rings. The maximum Gasteiger partial charge on any atom is 0.335 e. The van der Waals surface area contributed by atoms with Crippen molar-refractivity contribution in [2.24, 2.45) is 5.73 Å². The number of carbonyl (C=O) groups excluding carboxylic acids is 10. The largest absolute Gasteiger partial charge is 0.480 e. The minimum Gasteiger partial charge on any atom is -0.480 e. The number of nitrogens with one attached hydrogen (secondary N) is 7. The van der Waals surface area contributed by atoms with Crippen LogP contribution in [0.4, 0.5) is 0 Å². The lowest BCUT2D eigenvalue weighted by Gasteiger charge is -2.27. The number of aliphatic carboxylic acids is 2. The van der Waals surface area contributed by atoms with Crippen molar-refractivity contribution < 1.29 is 104 Å². The molecule has 0 saturated carbocycles. The molecule has 0 aromatic rings. The number of carboxylic acid groups (broad SMARTS) is 2. The lowest BCUT2D eigenvalue weighted by atomic mass is 10.0. The Morgan fingerprint density at radius 2 is 0.840 bits per heavy atom. The SMILES string of the molecule is CCCCCCCCC[C@@H](O)CC(=O)N[C@H](C(=O)N[C@H](CO)C(=O)N[C@H](CO)C(=O)N[C@@H](CCC(N)=O)C(=O)N[C@@H](CCCN(O)C(C)=O)C(=O)N[C@H](CO)C(=O)N[C@@H](CCCN(O)C(C)=O)C(=O)O)[C@@H](O)C(=O)O. The number of nitrogens with zero attached hydrogens (tertiary/aromatic N) is 2. The number of hydrogen-bond acceptors (Lipinski definition) is 19. The molecule has 0 bridgehead atoms.